The number of pyridine rings is 1. The lowest BCUT2D eigenvalue weighted by molar-refractivity contribution is 0.590. The minimum absolute atomic E-state index is 0.0101. The number of aromatic nitrogens is 2. The third-order valence-corrected chi connectivity index (χ3v) is 4.49. The van der Waals surface area contributed by atoms with Crippen LogP contribution in [0.3, 0.4) is 0 Å². The fourth-order valence-electron chi connectivity index (χ4n) is 2.30. The van der Waals surface area contributed by atoms with Crippen LogP contribution in [-0.2, 0) is 6.54 Å². The molecule has 5 heteroatoms. The van der Waals surface area contributed by atoms with Gasteiger partial charge in [-0.3, -0.25) is 10.3 Å². The van der Waals surface area contributed by atoms with Crippen molar-refractivity contribution in [1.29, 1.82) is 0 Å². The Hall–Kier alpha value is -1.75. The number of benzene rings is 1. The van der Waals surface area contributed by atoms with Crippen molar-refractivity contribution in [2.45, 2.75) is 19.5 Å². The average Bonchev–Trinajstić information content (AvgIpc) is 2.94. The second-order valence-corrected chi connectivity index (χ2v) is 6.39. The van der Waals surface area contributed by atoms with Crippen molar-refractivity contribution in [3.63, 3.8) is 0 Å². The van der Waals surface area contributed by atoms with Crippen molar-refractivity contribution in [2.24, 2.45) is 0 Å². The van der Waals surface area contributed by atoms with Gasteiger partial charge in [0.15, 0.2) is 0 Å². The van der Waals surface area contributed by atoms with E-state index in [1.807, 2.05) is 49.5 Å². The molecule has 1 N–H and O–H groups in total. The van der Waals surface area contributed by atoms with Gasteiger partial charge in [0.25, 0.3) is 0 Å². The van der Waals surface area contributed by atoms with Crippen LogP contribution in [0.2, 0.25) is 5.02 Å². The molecule has 0 unspecified atom stereocenters. The van der Waals surface area contributed by atoms with Gasteiger partial charge in [-0.15, -0.1) is 11.3 Å². The van der Waals surface area contributed by atoms with E-state index in [0.717, 1.165) is 27.0 Å². The Balaban J connectivity index is 1.86. The molecule has 0 saturated heterocycles. The number of rotatable bonds is 5. The van der Waals surface area contributed by atoms with Gasteiger partial charge in [-0.05, 0) is 36.8 Å². The van der Waals surface area contributed by atoms with Crippen LogP contribution in [0.4, 0.5) is 0 Å². The van der Waals surface area contributed by atoms with Gasteiger partial charge in [0.05, 0.1) is 11.7 Å². The summed E-state index contributed by atoms with van der Waals surface area (Å²) in [5.74, 6) is 0. The Kier molecular flexibility index (Phi) is 4.83. The fraction of sp³-hybridized carbons (Fsp3) is 0.176. The molecule has 1 atom stereocenters. The summed E-state index contributed by atoms with van der Waals surface area (Å²) < 4.78 is 0. The van der Waals surface area contributed by atoms with Crippen LogP contribution in [0.25, 0.3) is 0 Å². The number of hydrogen-bond acceptors (Lipinski definition) is 4. The Bertz CT molecular complexity index is 742. The summed E-state index contributed by atoms with van der Waals surface area (Å²) in [6, 6.07) is 13.8. The van der Waals surface area contributed by atoms with Gasteiger partial charge in [-0.25, -0.2) is 4.98 Å². The first-order valence-electron chi connectivity index (χ1n) is 7.03. The molecule has 0 radical (unpaired) electrons. The zero-order valence-electron chi connectivity index (χ0n) is 12.2. The maximum atomic E-state index is 6.14. The second-order valence-electron chi connectivity index (χ2n) is 5.01. The summed E-state index contributed by atoms with van der Waals surface area (Å²) in [6.45, 7) is 2.71. The van der Waals surface area contributed by atoms with Crippen molar-refractivity contribution in [3.8, 4) is 0 Å². The molecule has 0 aliphatic heterocycles. The van der Waals surface area contributed by atoms with E-state index in [4.69, 9.17) is 11.6 Å². The normalized spacial score (nSPS) is 12.3. The van der Waals surface area contributed by atoms with E-state index in [1.54, 1.807) is 11.3 Å². The second kappa shape index (κ2) is 7.01. The molecule has 0 bridgehead atoms. The van der Waals surface area contributed by atoms with E-state index < -0.39 is 0 Å². The van der Waals surface area contributed by atoms with Gasteiger partial charge in [0.1, 0.15) is 5.01 Å². The summed E-state index contributed by atoms with van der Waals surface area (Å²) in [7, 11) is 0. The molecule has 112 valence electrons. The first-order valence-corrected chi connectivity index (χ1v) is 8.29. The van der Waals surface area contributed by atoms with Crippen molar-refractivity contribution < 1.29 is 0 Å². The molecule has 2 aromatic heterocycles. The minimum Gasteiger partial charge on any atom is -0.298 e. The first kappa shape index (κ1) is 15.2. The summed E-state index contributed by atoms with van der Waals surface area (Å²) in [4.78, 5) is 8.98. The predicted octanol–water partition coefficient (Wildman–Crippen LogP) is 4.38. The summed E-state index contributed by atoms with van der Waals surface area (Å²) in [5.41, 5.74) is 3.12. The number of thiazole rings is 1. The highest BCUT2D eigenvalue weighted by molar-refractivity contribution is 7.09. The predicted molar refractivity (Wildman–Crippen MR) is 91.2 cm³/mol. The SMILES string of the molecule is Cc1csc(CN[C@@H](c2cccc(Cl)c2)c2ccccn2)n1. The van der Waals surface area contributed by atoms with Gasteiger partial charge in [0, 0.05) is 28.8 Å². The minimum atomic E-state index is -0.0101. The lowest BCUT2D eigenvalue weighted by atomic mass is 10.0. The van der Waals surface area contributed by atoms with Crippen LogP contribution in [0.1, 0.15) is 28.0 Å². The van der Waals surface area contributed by atoms with E-state index in [9.17, 15) is 0 Å². The molecule has 0 fully saturated rings. The zero-order valence-corrected chi connectivity index (χ0v) is 13.7. The Morgan fingerprint density at radius 3 is 2.82 bits per heavy atom. The van der Waals surface area contributed by atoms with Gasteiger partial charge in [-0.1, -0.05) is 29.8 Å². The highest BCUT2D eigenvalue weighted by Crippen LogP contribution is 2.23. The van der Waals surface area contributed by atoms with Crippen LogP contribution < -0.4 is 5.32 Å². The molecule has 0 aliphatic rings. The van der Waals surface area contributed by atoms with E-state index in [-0.39, 0.29) is 6.04 Å². The lowest BCUT2D eigenvalue weighted by Crippen LogP contribution is -2.22. The molecule has 22 heavy (non-hydrogen) atoms. The smallest absolute Gasteiger partial charge is 0.107 e. The van der Waals surface area contributed by atoms with Crippen molar-refractivity contribution in [1.82, 2.24) is 15.3 Å². The standard InChI is InChI=1S/C17H16ClN3S/c1-12-11-22-16(21-12)10-20-17(15-7-2-3-8-19-15)13-5-4-6-14(18)9-13/h2-9,11,17,20H,10H2,1H3/t17-/m0/s1. The van der Waals surface area contributed by atoms with Gasteiger partial charge >= 0.3 is 0 Å². The number of hydrogen-bond donors (Lipinski definition) is 1. The maximum Gasteiger partial charge on any atom is 0.107 e. The fourth-order valence-corrected chi connectivity index (χ4v) is 3.22. The van der Waals surface area contributed by atoms with E-state index in [2.05, 4.69) is 26.7 Å². The topological polar surface area (TPSA) is 37.8 Å². The molecule has 3 rings (SSSR count). The van der Waals surface area contributed by atoms with Crippen LogP contribution in [0.15, 0.2) is 54.0 Å². The third-order valence-electron chi connectivity index (χ3n) is 3.29. The first-order chi connectivity index (χ1) is 10.7. The quantitative estimate of drug-likeness (QED) is 0.755. The zero-order chi connectivity index (χ0) is 15.4. The molecule has 0 aliphatic carbocycles. The highest BCUT2D eigenvalue weighted by atomic mass is 35.5. The van der Waals surface area contributed by atoms with Crippen LogP contribution in [0, 0.1) is 6.92 Å². The molecular formula is C17H16ClN3S. The monoisotopic (exact) mass is 329 g/mol. The Morgan fingerprint density at radius 2 is 2.14 bits per heavy atom. The van der Waals surface area contributed by atoms with Crippen LogP contribution >= 0.6 is 22.9 Å². The summed E-state index contributed by atoms with van der Waals surface area (Å²) >= 11 is 7.80. The van der Waals surface area contributed by atoms with E-state index in [1.165, 1.54) is 0 Å². The lowest BCUT2D eigenvalue weighted by Gasteiger charge is -2.18. The third kappa shape index (κ3) is 3.71. The number of aryl methyl sites for hydroxylation is 1. The molecule has 3 aromatic rings. The molecule has 1 aromatic carbocycles. The Morgan fingerprint density at radius 1 is 1.23 bits per heavy atom. The molecule has 3 nitrogen and oxygen atoms in total. The largest absolute Gasteiger partial charge is 0.298 e. The summed E-state index contributed by atoms with van der Waals surface area (Å²) in [5, 5.41) is 7.39. The molecule has 0 amide bonds. The van der Waals surface area contributed by atoms with Crippen molar-refractivity contribution in [3.05, 3.63) is 81.0 Å². The average molecular weight is 330 g/mol. The number of nitrogens with zero attached hydrogens (tertiary/aromatic N) is 2. The van der Waals surface area contributed by atoms with E-state index in [0.29, 0.717) is 6.54 Å². The van der Waals surface area contributed by atoms with E-state index >= 15 is 0 Å². The number of nitrogens with one attached hydrogen (secondary N) is 1. The molecular weight excluding hydrogens is 314 g/mol. The molecule has 2 heterocycles. The highest BCUT2D eigenvalue weighted by Gasteiger charge is 2.15. The molecule has 0 spiro atoms. The summed E-state index contributed by atoms with van der Waals surface area (Å²) in [6.07, 6.45) is 1.81. The molecule has 0 saturated carbocycles. The van der Waals surface area contributed by atoms with Crippen LogP contribution in [-0.4, -0.2) is 9.97 Å². The van der Waals surface area contributed by atoms with Crippen molar-refractivity contribution in [2.75, 3.05) is 0 Å². The van der Waals surface area contributed by atoms with Gasteiger partial charge in [0.2, 0.25) is 0 Å². The van der Waals surface area contributed by atoms with Crippen molar-refractivity contribution >= 4 is 22.9 Å². The Labute approximate surface area is 139 Å². The maximum absolute atomic E-state index is 6.14. The number of halogens is 1. The van der Waals surface area contributed by atoms with Gasteiger partial charge < -0.3 is 0 Å². The van der Waals surface area contributed by atoms with Gasteiger partial charge in [-0.2, -0.15) is 0 Å². The van der Waals surface area contributed by atoms with Crippen LogP contribution in [0.5, 0.6) is 0 Å².